The summed E-state index contributed by atoms with van der Waals surface area (Å²) in [6.07, 6.45) is -0.375. The number of benzene rings is 1. The van der Waals surface area contributed by atoms with Crippen LogP contribution in [0, 0.1) is 5.92 Å². The lowest BCUT2D eigenvalue weighted by molar-refractivity contribution is -0.123. The van der Waals surface area contributed by atoms with Gasteiger partial charge >= 0.3 is 0 Å². The number of nitrogens with one attached hydrogen (secondary N) is 2. The molecule has 2 unspecified atom stereocenters. The van der Waals surface area contributed by atoms with Gasteiger partial charge in [-0.15, -0.1) is 12.4 Å². The number of β-amino-alcohol motifs (C(OH)–C–C–N with tert-alkyl or cyclic N) is 1. The quantitative estimate of drug-likeness (QED) is 0.722. The van der Waals surface area contributed by atoms with E-state index in [0.717, 1.165) is 6.54 Å². The van der Waals surface area contributed by atoms with Crippen LogP contribution in [0.25, 0.3) is 0 Å². The summed E-state index contributed by atoms with van der Waals surface area (Å²) >= 11 is 0. The first kappa shape index (κ1) is 15.8. The summed E-state index contributed by atoms with van der Waals surface area (Å²) in [5.41, 5.74) is 0. The van der Waals surface area contributed by atoms with Gasteiger partial charge in [0.05, 0.1) is 6.10 Å². The zero-order valence-corrected chi connectivity index (χ0v) is 11.4. The summed E-state index contributed by atoms with van der Waals surface area (Å²) in [5.74, 6) is 0.596. The predicted molar refractivity (Wildman–Crippen MR) is 74.6 cm³/mol. The molecule has 1 saturated heterocycles. The summed E-state index contributed by atoms with van der Waals surface area (Å²) in [6.45, 7) is 1.81. The van der Waals surface area contributed by atoms with Gasteiger partial charge in [0, 0.05) is 25.6 Å². The van der Waals surface area contributed by atoms with Gasteiger partial charge in [-0.05, 0) is 12.1 Å². The van der Waals surface area contributed by atoms with E-state index in [1.165, 1.54) is 0 Å². The number of rotatable bonds is 5. The maximum atomic E-state index is 11.5. The van der Waals surface area contributed by atoms with Gasteiger partial charge in [0.25, 0.3) is 5.91 Å². The Morgan fingerprint density at radius 3 is 2.74 bits per heavy atom. The number of ether oxygens (including phenoxy) is 1. The van der Waals surface area contributed by atoms with Crippen LogP contribution in [0.2, 0.25) is 0 Å². The molecule has 6 heteroatoms. The van der Waals surface area contributed by atoms with Gasteiger partial charge < -0.3 is 20.5 Å². The Labute approximate surface area is 118 Å². The molecular formula is C13H19ClN2O3. The molecular weight excluding hydrogens is 268 g/mol. The molecule has 106 valence electrons. The molecule has 1 aromatic rings. The standard InChI is InChI=1S/C13H18N2O3.ClH/c16-12-8-14-6-10(12)7-15-13(17)9-18-11-4-2-1-3-5-11;/h1-5,10,12,14,16H,6-9H2,(H,15,17);1H. The number of aliphatic hydroxyl groups excluding tert-OH is 1. The van der Waals surface area contributed by atoms with Gasteiger partial charge in [0.2, 0.25) is 0 Å². The Kier molecular flexibility index (Phi) is 6.62. The number of carbonyl (C=O) groups is 1. The monoisotopic (exact) mass is 286 g/mol. The molecule has 2 atom stereocenters. The molecule has 0 bridgehead atoms. The molecule has 2 rings (SSSR count). The van der Waals surface area contributed by atoms with Crippen LogP contribution in [0.1, 0.15) is 0 Å². The van der Waals surface area contributed by atoms with Gasteiger partial charge in [-0.2, -0.15) is 0 Å². The second kappa shape index (κ2) is 7.99. The number of amides is 1. The van der Waals surface area contributed by atoms with Gasteiger partial charge in [-0.1, -0.05) is 18.2 Å². The molecule has 1 aromatic carbocycles. The molecule has 0 saturated carbocycles. The third kappa shape index (κ3) is 5.06. The van der Waals surface area contributed by atoms with Gasteiger partial charge in [-0.3, -0.25) is 4.79 Å². The van der Waals surface area contributed by atoms with Crippen molar-refractivity contribution in [2.24, 2.45) is 5.92 Å². The zero-order valence-electron chi connectivity index (χ0n) is 10.5. The summed E-state index contributed by atoms with van der Waals surface area (Å²) in [7, 11) is 0. The highest BCUT2D eigenvalue weighted by Gasteiger charge is 2.24. The third-order valence-electron chi connectivity index (χ3n) is 2.98. The van der Waals surface area contributed by atoms with Crippen molar-refractivity contribution in [1.29, 1.82) is 0 Å². The van der Waals surface area contributed by atoms with Crippen LogP contribution in [0.4, 0.5) is 0 Å². The molecule has 5 nitrogen and oxygen atoms in total. The molecule has 19 heavy (non-hydrogen) atoms. The second-order valence-electron chi connectivity index (χ2n) is 4.39. The average Bonchev–Trinajstić information content (AvgIpc) is 2.81. The van der Waals surface area contributed by atoms with Crippen molar-refractivity contribution in [3.05, 3.63) is 30.3 Å². The zero-order chi connectivity index (χ0) is 12.8. The Bertz CT molecular complexity index is 389. The maximum absolute atomic E-state index is 11.5. The van der Waals surface area contributed by atoms with Crippen molar-refractivity contribution in [3.8, 4) is 5.75 Å². The molecule has 0 radical (unpaired) electrons. The minimum absolute atomic E-state index is 0. The van der Waals surface area contributed by atoms with Gasteiger partial charge in [0.1, 0.15) is 5.75 Å². The van der Waals surface area contributed by atoms with E-state index in [1.807, 2.05) is 18.2 Å². The fourth-order valence-corrected chi connectivity index (χ4v) is 1.89. The smallest absolute Gasteiger partial charge is 0.257 e. The topological polar surface area (TPSA) is 70.6 Å². The summed E-state index contributed by atoms with van der Waals surface area (Å²) in [4.78, 5) is 11.5. The van der Waals surface area contributed by atoms with Crippen molar-refractivity contribution in [3.63, 3.8) is 0 Å². The van der Waals surface area contributed by atoms with E-state index >= 15 is 0 Å². The van der Waals surface area contributed by atoms with Crippen LogP contribution in [0.15, 0.2) is 30.3 Å². The maximum Gasteiger partial charge on any atom is 0.257 e. The van der Waals surface area contributed by atoms with E-state index in [4.69, 9.17) is 4.74 Å². The second-order valence-corrected chi connectivity index (χ2v) is 4.39. The number of para-hydroxylation sites is 1. The van der Waals surface area contributed by atoms with Crippen LogP contribution < -0.4 is 15.4 Å². The van der Waals surface area contributed by atoms with Crippen molar-refractivity contribution in [2.45, 2.75) is 6.10 Å². The van der Waals surface area contributed by atoms with Crippen molar-refractivity contribution < 1.29 is 14.6 Å². The van der Waals surface area contributed by atoms with Crippen molar-refractivity contribution in [2.75, 3.05) is 26.2 Å². The fourth-order valence-electron chi connectivity index (χ4n) is 1.89. The van der Waals surface area contributed by atoms with E-state index in [2.05, 4.69) is 10.6 Å². The molecule has 1 heterocycles. The first-order valence-electron chi connectivity index (χ1n) is 6.09. The minimum Gasteiger partial charge on any atom is -0.484 e. The SMILES string of the molecule is Cl.O=C(COc1ccccc1)NCC1CNCC1O. The van der Waals surface area contributed by atoms with E-state index in [0.29, 0.717) is 18.8 Å². The molecule has 1 fully saturated rings. The highest BCUT2D eigenvalue weighted by molar-refractivity contribution is 5.85. The Hall–Kier alpha value is -1.30. The third-order valence-corrected chi connectivity index (χ3v) is 2.98. The van der Waals surface area contributed by atoms with E-state index in [9.17, 15) is 9.90 Å². The van der Waals surface area contributed by atoms with Crippen molar-refractivity contribution in [1.82, 2.24) is 10.6 Å². The largest absolute Gasteiger partial charge is 0.484 e. The first-order chi connectivity index (χ1) is 8.75. The van der Waals surface area contributed by atoms with Crippen LogP contribution in [0.3, 0.4) is 0 Å². The van der Waals surface area contributed by atoms with Gasteiger partial charge in [0.15, 0.2) is 6.61 Å². The normalized spacial score (nSPS) is 21.5. The summed E-state index contributed by atoms with van der Waals surface area (Å²) in [6, 6.07) is 9.21. The lowest BCUT2D eigenvalue weighted by Crippen LogP contribution is -2.36. The Morgan fingerprint density at radius 1 is 1.37 bits per heavy atom. The predicted octanol–water partition coefficient (Wildman–Crippen LogP) is 0.184. The number of hydrogen-bond donors (Lipinski definition) is 3. The van der Waals surface area contributed by atoms with E-state index in [-0.39, 0.29) is 36.9 Å². The Morgan fingerprint density at radius 2 is 2.11 bits per heavy atom. The van der Waals surface area contributed by atoms with Crippen LogP contribution in [-0.2, 0) is 4.79 Å². The summed E-state index contributed by atoms with van der Waals surface area (Å²) in [5, 5.41) is 15.4. The lowest BCUT2D eigenvalue weighted by Gasteiger charge is -2.14. The fraction of sp³-hybridized carbons (Fsp3) is 0.462. The highest BCUT2D eigenvalue weighted by atomic mass is 35.5. The molecule has 0 spiro atoms. The molecule has 3 N–H and O–H groups in total. The Balaban J connectivity index is 0.00000180. The highest BCUT2D eigenvalue weighted by Crippen LogP contribution is 2.08. The molecule has 0 aromatic heterocycles. The van der Waals surface area contributed by atoms with Crippen LogP contribution in [-0.4, -0.2) is 43.4 Å². The number of halogens is 1. The number of hydrogen-bond acceptors (Lipinski definition) is 4. The van der Waals surface area contributed by atoms with Crippen molar-refractivity contribution >= 4 is 18.3 Å². The molecule has 1 aliphatic rings. The van der Waals surface area contributed by atoms with E-state index < -0.39 is 0 Å². The first-order valence-corrected chi connectivity index (χ1v) is 6.09. The number of carbonyl (C=O) groups excluding carboxylic acids is 1. The molecule has 1 amide bonds. The minimum atomic E-state index is -0.375. The van der Waals surface area contributed by atoms with Crippen LogP contribution in [0.5, 0.6) is 5.75 Å². The summed E-state index contributed by atoms with van der Waals surface area (Å²) < 4.78 is 5.32. The molecule has 1 aliphatic heterocycles. The number of aliphatic hydroxyl groups is 1. The lowest BCUT2D eigenvalue weighted by atomic mass is 10.1. The average molecular weight is 287 g/mol. The van der Waals surface area contributed by atoms with E-state index in [1.54, 1.807) is 12.1 Å². The van der Waals surface area contributed by atoms with Gasteiger partial charge in [-0.25, -0.2) is 0 Å². The molecule has 0 aliphatic carbocycles. The van der Waals surface area contributed by atoms with Crippen LogP contribution >= 0.6 is 12.4 Å².